The summed E-state index contributed by atoms with van der Waals surface area (Å²) in [6, 6.07) is 0.661. The normalized spacial score (nSPS) is 25.4. The molecule has 0 aromatic carbocycles. The highest BCUT2D eigenvalue weighted by Crippen LogP contribution is 2.17. The lowest BCUT2D eigenvalue weighted by Gasteiger charge is -2.24. The van der Waals surface area contributed by atoms with Crippen LogP contribution in [0.15, 0.2) is 0 Å². The van der Waals surface area contributed by atoms with Gasteiger partial charge in [0.1, 0.15) is 0 Å². The number of aliphatic hydroxyl groups is 1. The lowest BCUT2D eigenvalue weighted by Crippen LogP contribution is -2.31. The fourth-order valence-corrected chi connectivity index (χ4v) is 1.48. The molecule has 0 atom stereocenters. The summed E-state index contributed by atoms with van der Waals surface area (Å²) < 4.78 is 4.36. The first-order valence-electron chi connectivity index (χ1n) is 5.54. The predicted molar refractivity (Wildman–Crippen MR) is 59.6 cm³/mol. The van der Waals surface area contributed by atoms with Crippen LogP contribution in [0.25, 0.3) is 0 Å². The zero-order valence-electron chi connectivity index (χ0n) is 9.90. The van der Waals surface area contributed by atoms with E-state index in [0.717, 1.165) is 25.7 Å². The van der Waals surface area contributed by atoms with Gasteiger partial charge in [0, 0.05) is 6.04 Å². The SMILES string of the molecule is CC(C)OC=O.CNC1CCC(O)CC1. The maximum absolute atomic E-state index is 9.39. The van der Waals surface area contributed by atoms with Crippen molar-refractivity contribution in [1.82, 2.24) is 5.32 Å². The van der Waals surface area contributed by atoms with Gasteiger partial charge in [0.05, 0.1) is 12.2 Å². The Bertz CT molecular complexity index is 154. The van der Waals surface area contributed by atoms with Crippen molar-refractivity contribution in [1.29, 1.82) is 0 Å². The minimum Gasteiger partial charge on any atom is -0.465 e. The Morgan fingerprint density at radius 3 is 2.13 bits per heavy atom. The average molecular weight is 217 g/mol. The Hall–Kier alpha value is -0.610. The van der Waals surface area contributed by atoms with Gasteiger partial charge in [0.15, 0.2) is 0 Å². The number of carbonyl (C=O) groups is 1. The summed E-state index contributed by atoms with van der Waals surface area (Å²) in [4.78, 5) is 9.39. The van der Waals surface area contributed by atoms with E-state index in [2.05, 4.69) is 10.1 Å². The molecule has 0 aliphatic heterocycles. The van der Waals surface area contributed by atoms with Crippen molar-refractivity contribution < 1.29 is 14.6 Å². The molecule has 4 nitrogen and oxygen atoms in total. The van der Waals surface area contributed by atoms with Crippen LogP contribution in [0.3, 0.4) is 0 Å². The summed E-state index contributed by atoms with van der Waals surface area (Å²) in [7, 11) is 1.99. The molecule has 2 N–H and O–H groups in total. The molecule has 0 heterocycles. The molecular formula is C11H23NO3. The molecule has 0 unspecified atom stereocenters. The molecule has 0 bridgehead atoms. The first kappa shape index (κ1) is 14.4. The van der Waals surface area contributed by atoms with Gasteiger partial charge in [0.25, 0.3) is 6.47 Å². The van der Waals surface area contributed by atoms with E-state index in [1.807, 2.05) is 7.05 Å². The third-order valence-corrected chi connectivity index (χ3v) is 2.43. The fraction of sp³-hybridized carbons (Fsp3) is 0.909. The Morgan fingerprint density at radius 2 is 1.87 bits per heavy atom. The summed E-state index contributed by atoms with van der Waals surface area (Å²) in [6.07, 6.45) is 4.24. The smallest absolute Gasteiger partial charge is 0.293 e. The van der Waals surface area contributed by atoms with Crippen molar-refractivity contribution >= 4 is 6.47 Å². The van der Waals surface area contributed by atoms with Crippen LogP contribution in [0.5, 0.6) is 0 Å². The van der Waals surface area contributed by atoms with Gasteiger partial charge in [-0.3, -0.25) is 4.79 Å². The summed E-state index contributed by atoms with van der Waals surface area (Å²) in [5, 5.41) is 12.3. The van der Waals surface area contributed by atoms with E-state index in [-0.39, 0.29) is 12.2 Å². The second-order valence-electron chi connectivity index (χ2n) is 4.08. The summed E-state index contributed by atoms with van der Waals surface area (Å²) in [6.45, 7) is 4.05. The third-order valence-electron chi connectivity index (χ3n) is 2.43. The quantitative estimate of drug-likeness (QED) is 0.694. The minimum atomic E-state index is -0.0189. The number of rotatable bonds is 3. The number of ether oxygens (including phenoxy) is 1. The largest absolute Gasteiger partial charge is 0.465 e. The van der Waals surface area contributed by atoms with Crippen LogP contribution in [0.1, 0.15) is 39.5 Å². The van der Waals surface area contributed by atoms with E-state index < -0.39 is 0 Å². The standard InChI is InChI=1S/C7H15NO.C4H8O2/c1-8-6-2-4-7(9)5-3-6;1-4(2)6-3-5/h6-9H,2-5H2,1H3;3-4H,1-2H3. The van der Waals surface area contributed by atoms with Crippen LogP contribution in [0.4, 0.5) is 0 Å². The molecule has 1 aliphatic rings. The number of nitrogens with one attached hydrogen (secondary N) is 1. The molecule has 90 valence electrons. The summed E-state index contributed by atoms with van der Waals surface area (Å²) in [5.74, 6) is 0. The van der Waals surface area contributed by atoms with E-state index in [1.54, 1.807) is 13.8 Å². The summed E-state index contributed by atoms with van der Waals surface area (Å²) >= 11 is 0. The average Bonchev–Trinajstić information content (AvgIpc) is 2.20. The Balaban J connectivity index is 0.000000288. The molecular weight excluding hydrogens is 194 g/mol. The molecule has 0 aromatic heterocycles. The number of aliphatic hydroxyl groups excluding tert-OH is 1. The van der Waals surface area contributed by atoms with Gasteiger partial charge in [-0.1, -0.05) is 0 Å². The highest BCUT2D eigenvalue weighted by molar-refractivity contribution is 5.37. The summed E-state index contributed by atoms with van der Waals surface area (Å²) in [5.41, 5.74) is 0. The number of hydrogen-bond acceptors (Lipinski definition) is 4. The van der Waals surface area contributed by atoms with Crippen LogP contribution < -0.4 is 5.32 Å². The van der Waals surface area contributed by atoms with Crippen LogP contribution in [0, 0.1) is 0 Å². The van der Waals surface area contributed by atoms with E-state index in [9.17, 15) is 4.79 Å². The number of hydrogen-bond donors (Lipinski definition) is 2. The Labute approximate surface area is 92.0 Å². The second-order valence-corrected chi connectivity index (χ2v) is 4.08. The van der Waals surface area contributed by atoms with Gasteiger partial charge >= 0.3 is 0 Å². The van der Waals surface area contributed by atoms with Crippen molar-refractivity contribution in [3.05, 3.63) is 0 Å². The topological polar surface area (TPSA) is 58.6 Å². The zero-order chi connectivity index (χ0) is 11.7. The van der Waals surface area contributed by atoms with E-state index in [1.165, 1.54) is 0 Å². The highest BCUT2D eigenvalue weighted by atomic mass is 16.5. The minimum absolute atomic E-state index is 0.0189. The first-order valence-corrected chi connectivity index (χ1v) is 5.54. The Kier molecular flexibility index (Phi) is 8.33. The van der Waals surface area contributed by atoms with Crippen molar-refractivity contribution in [2.75, 3.05) is 7.05 Å². The van der Waals surface area contributed by atoms with Crippen molar-refractivity contribution in [2.24, 2.45) is 0 Å². The predicted octanol–water partition coefficient (Wildman–Crippen LogP) is 1.08. The molecule has 4 heteroatoms. The monoisotopic (exact) mass is 217 g/mol. The van der Waals surface area contributed by atoms with E-state index in [0.29, 0.717) is 12.5 Å². The molecule has 0 aromatic rings. The molecule has 0 amide bonds. The van der Waals surface area contributed by atoms with Crippen molar-refractivity contribution in [3.8, 4) is 0 Å². The van der Waals surface area contributed by atoms with Gasteiger partial charge < -0.3 is 15.2 Å². The molecule has 0 saturated heterocycles. The van der Waals surface area contributed by atoms with Crippen LogP contribution >= 0.6 is 0 Å². The van der Waals surface area contributed by atoms with Gasteiger partial charge in [-0.25, -0.2) is 0 Å². The molecule has 15 heavy (non-hydrogen) atoms. The van der Waals surface area contributed by atoms with Crippen molar-refractivity contribution in [2.45, 2.75) is 57.8 Å². The molecule has 1 rings (SSSR count). The van der Waals surface area contributed by atoms with Gasteiger partial charge in [-0.15, -0.1) is 0 Å². The zero-order valence-corrected chi connectivity index (χ0v) is 9.90. The lowest BCUT2D eigenvalue weighted by atomic mass is 9.93. The van der Waals surface area contributed by atoms with Gasteiger partial charge in [-0.2, -0.15) is 0 Å². The van der Waals surface area contributed by atoms with Crippen LogP contribution in [-0.4, -0.2) is 36.9 Å². The van der Waals surface area contributed by atoms with Gasteiger partial charge in [0.2, 0.25) is 0 Å². The first-order chi connectivity index (χ1) is 7.10. The molecule has 1 aliphatic carbocycles. The van der Waals surface area contributed by atoms with E-state index in [4.69, 9.17) is 5.11 Å². The number of carbonyl (C=O) groups excluding carboxylic acids is 1. The molecule has 1 fully saturated rings. The molecule has 1 saturated carbocycles. The fourth-order valence-electron chi connectivity index (χ4n) is 1.48. The highest BCUT2D eigenvalue weighted by Gasteiger charge is 2.16. The maximum Gasteiger partial charge on any atom is 0.293 e. The van der Waals surface area contributed by atoms with Crippen molar-refractivity contribution in [3.63, 3.8) is 0 Å². The molecule has 0 spiro atoms. The Morgan fingerprint density at radius 1 is 1.33 bits per heavy atom. The van der Waals surface area contributed by atoms with E-state index >= 15 is 0 Å². The van der Waals surface area contributed by atoms with Gasteiger partial charge in [-0.05, 0) is 46.6 Å². The second kappa shape index (κ2) is 8.68. The maximum atomic E-state index is 9.39. The third kappa shape index (κ3) is 8.39. The van der Waals surface area contributed by atoms with Crippen LogP contribution in [-0.2, 0) is 9.53 Å². The van der Waals surface area contributed by atoms with Crippen LogP contribution in [0.2, 0.25) is 0 Å². The molecule has 0 radical (unpaired) electrons. The lowest BCUT2D eigenvalue weighted by molar-refractivity contribution is -0.131.